The average molecular weight is 314 g/mol. The van der Waals surface area contributed by atoms with Crippen LogP contribution in [0.2, 0.25) is 0 Å². The minimum Gasteiger partial charge on any atom is -0.332 e. The number of carbonyl (C=O) groups excluding carboxylic acids is 1. The molecule has 0 saturated carbocycles. The van der Waals surface area contributed by atoms with Crippen LogP contribution in [0, 0.1) is 23.0 Å². The maximum absolute atomic E-state index is 13.8. The zero-order valence-corrected chi connectivity index (χ0v) is 12.9. The SMILES string of the molecule is CC(C)N(Cc1ccc(C#N)cc1)C(=O)c1cc(F)ccc1F. The fourth-order valence-electron chi connectivity index (χ4n) is 2.19. The zero-order valence-electron chi connectivity index (χ0n) is 12.9. The van der Waals surface area contributed by atoms with Gasteiger partial charge in [0.05, 0.1) is 17.2 Å². The van der Waals surface area contributed by atoms with Gasteiger partial charge in [0.25, 0.3) is 5.91 Å². The Labute approximate surface area is 133 Å². The molecule has 2 aromatic carbocycles. The fraction of sp³-hybridized carbons (Fsp3) is 0.222. The molecule has 0 atom stereocenters. The van der Waals surface area contributed by atoms with E-state index < -0.39 is 17.5 Å². The highest BCUT2D eigenvalue weighted by molar-refractivity contribution is 5.94. The Morgan fingerprint density at radius 3 is 2.39 bits per heavy atom. The molecule has 0 aliphatic carbocycles. The molecule has 0 aliphatic heterocycles. The molecule has 2 rings (SSSR count). The zero-order chi connectivity index (χ0) is 17.0. The molecule has 0 fully saturated rings. The Kier molecular flexibility index (Phi) is 5.07. The lowest BCUT2D eigenvalue weighted by Gasteiger charge is -2.27. The lowest BCUT2D eigenvalue weighted by Crippen LogP contribution is -2.37. The Balaban J connectivity index is 2.28. The number of nitrogens with zero attached hydrogens (tertiary/aromatic N) is 2. The van der Waals surface area contributed by atoms with Gasteiger partial charge in [0.15, 0.2) is 0 Å². The van der Waals surface area contributed by atoms with Crippen molar-refractivity contribution in [2.24, 2.45) is 0 Å². The lowest BCUT2D eigenvalue weighted by molar-refractivity contribution is 0.0685. The van der Waals surface area contributed by atoms with Gasteiger partial charge in [0.2, 0.25) is 0 Å². The Hall–Kier alpha value is -2.74. The van der Waals surface area contributed by atoms with Crippen LogP contribution in [-0.2, 0) is 6.54 Å². The highest BCUT2D eigenvalue weighted by Gasteiger charge is 2.22. The molecule has 0 unspecified atom stereocenters. The number of halogens is 2. The van der Waals surface area contributed by atoms with Crippen molar-refractivity contribution >= 4 is 5.91 Å². The van der Waals surface area contributed by atoms with Crippen molar-refractivity contribution in [3.8, 4) is 6.07 Å². The number of hydrogen-bond acceptors (Lipinski definition) is 2. The predicted octanol–water partition coefficient (Wildman–Crippen LogP) is 3.89. The summed E-state index contributed by atoms with van der Waals surface area (Å²) in [6, 6.07) is 11.4. The van der Waals surface area contributed by atoms with Crippen molar-refractivity contribution in [2.75, 3.05) is 0 Å². The first-order valence-corrected chi connectivity index (χ1v) is 7.17. The van der Waals surface area contributed by atoms with Crippen molar-refractivity contribution in [1.29, 1.82) is 5.26 Å². The summed E-state index contributed by atoms with van der Waals surface area (Å²) in [5.74, 6) is -1.97. The second kappa shape index (κ2) is 7.01. The van der Waals surface area contributed by atoms with Gasteiger partial charge in [0, 0.05) is 12.6 Å². The molecule has 0 aliphatic rings. The molecule has 0 spiro atoms. The van der Waals surface area contributed by atoms with E-state index in [9.17, 15) is 13.6 Å². The maximum Gasteiger partial charge on any atom is 0.257 e. The van der Waals surface area contributed by atoms with Crippen LogP contribution in [0.3, 0.4) is 0 Å². The van der Waals surface area contributed by atoms with E-state index in [4.69, 9.17) is 5.26 Å². The van der Waals surface area contributed by atoms with Crippen LogP contribution in [0.25, 0.3) is 0 Å². The quantitative estimate of drug-likeness (QED) is 0.859. The smallest absolute Gasteiger partial charge is 0.257 e. The second-order valence-electron chi connectivity index (χ2n) is 5.46. The Bertz CT molecular complexity index is 749. The molecule has 1 amide bonds. The first-order chi connectivity index (χ1) is 10.9. The van der Waals surface area contributed by atoms with E-state index in [2.05, 4.69) is 0 Å². The van der Waals surface area contributed by atoms with Crippen LogP contribution in [0.4, 0.5) is 8.78 Å². The summed E-state index contributed by atoms with van der Waals surface area (Å²) in [4.78, 5) is 14.0. The number of nitriles is 1. The summed E-state index contributed by atoms with van der Waals surface area (Å²) in [6.07, 6.45) is 0. The van der Waals surface area contributed by atoms with Gasteiger partial charge in [-0.05, 0) is 49.7 Å². The van der Waals surface area contributed by atoms with E-state index in [0.29, 0.717) is 5.56 Å². The Morgan fingerprint density at radius 2 is 1.83 bits per heavy atom. The van der Waals surface area contributed by atoms with Gasteiger partial charge in [-0.1, -0.05) is 12.1 Å². The van der Waals surface area contributed by atoms with Gasteiger partial charge in [-0.15, -0.1) is 0 Å². The number of carbonyl (C=O) groups is 1. The third kappa shape index (κ3) is 3.92. The van der Waals surface area contributed by atoms with E-state index in [-0.39, 0.29) is 18.2 Å². The third-order valence-corrected chi connectivity index (χ3v) is 3.48. The molecular formula is C18H16F2N2O. The summed E-state index contributed by atoms with van der Waals surface area (Å²) in [7, 11) is 0. The lowest BCUT2D eigenvalue weighted by atomic mass is 10.1. The van der Waals surface area contributed by atoms with Crippen LogP contribution < -0.4 is 0 Å². The van der Waals surface area contributed by atoms with Crippen LogP contribution >= 0.6 is 0 Å². The highest BCUT2D eigenvalue weighted by Crippen LogP contribution is 2.17. The minimum absolute atomic E-state index is 0.194. The number of benzene rings is 2. The summed E-state index contributed by atoms with van der Waals surface area (Å²) in [5, 5.41) is 8.80. The third-order valence-electron chi connectivity index (χ3n) is 3.48. The molecule has 0 aromatic heterocycles. The van der Waals surface area contributed by atoms with Crippen molar-refractivity contribution in [2.45, 2.75) is 26.4 Å². The monoisotopic (exact) mass is 314 g/mol. The normalized spacial score (nSPS) is 10.4. The summed E-state index contributed by atoms with van der Waals surface area (Å²) >= 11 is 0. The first-order valence-electron chi connectivity index (χ1n) is 7.17. The maximum atomic E-state index is 13.8. The molecule has 23 heavy (non-hydrogen) atoms. The first kappa shape index (κ1) is 16.6. The van der Waals surface area contributed by atoms with Gasteiger partial charge >= 0.3 is 0 Å². The van der Waals surface area contributed by atoms with Gasteiger partial charge < -0.3 is 4.90 Å². The molecule has 0 saturated heterocycles. The molecule has 0 bridgehead atoms. The van der Waals surface area contributed by atoms with Gasteiger partial charge in [0.1, 0.15) is 11.6 Å². The number of rotatable bonds is 4. The second-order valence-corrected chi connectivity index (χ2v) is 5.46. The fourth-order valence-corrected chi connectivity index (χ4v) is 2.19. The highest BCUT2D eigenvalue weighted by atomic mass is 19.1. The van der Waals surface area contributed by atoms with E-state index in [0.717, 1.165) is 23.8 Å². The summed E-state index contributed by atoms with van der Waals surface area (Å²) < 4.78 is 27.1. The number of amides is 1. The van der Waals surface area contributed by atoms with Crippen molar-refractivity contribution in [3.05, 3.63) is 70.8 Å². The van der Waals surface area contributed by atoms with E-state index in [1.165, 1.54) is 4.90 Å². The largest absolute Gasteiger partial charge is 0.332 e. The molecule has 0 radical (unpaired) electrons. The van der Waals surface area contributed by atoms with Crippen LogP contribution in [0.5, 0.6) is 0 Å². The van der Waals surface area contributed by atoms with Crippen molar-refractivity contribution in [3.63, 3.8) is 0 Å². The molecular weight excluding hydrogens is 298 g/mol. The number of hydrogen-bond donors (Lipinski definition) is 0. The molecule has 118 valence electrons. The van der Waals surface area contributed by atoms with Crippen LogP contribution in [0.1, 0.15) is 35.3 Å². The van der Waals surface area contributed by atoms with Crippen molar-refractivity contribution in [1.82, 2.24) is 4.90 Å². The molecule has 3 nitrogen and oxygen atoms in total. The summed E-state index contributed by atoms with van der Waals surface area (Å²) in [5.41, 5.74) is 1.04. The van der Waals surface area contributed by atoms with Crippen LogP contribution in [0.15, 0.2) is 42.5 Å². The van der Waals surface area contributed by atoms with Crippen molar-refractivity contribution < 1.29 is 13.6 Å². The van der Waals surface area contributed by atoms with Gasteiger partial charge in [-0.3, -0.25) is 4.79 Å². The van der Waals surface area contributed by atoms with Gasteiger partial charge in [-0.25, -0.2) is 8.78 Å². The summed E-state index contributed by atoms with van der Waals surface area (Å²) in [6.45, 7) is 3.86. The molecule has 0 heterocycles. The average Bonchev–Trinajstić information content (AvgIpc) is 2.54. The van der Waals surface area contributed by atoms with Crippen LogP contribution in [-0.4, -0.2) is 16.8 Å². The predicted molar refractivity (Wildman–Crippen MR) is 82.5 cm³/mol. The standard InChI is InChI=1S/C18H16F2N2O/c1-12(2)22(11-14-5-3-13(10-21)4-6-14)18(23)16-9-15(19)7-8-17(16)20/h3-9,12H,11H2,1-2H3. The Morgan fingerprint density at radius 1 is 1.17 bits per heavy atom. The molecule has 2 aromatic rings. The van der Waals surface area contributed by atoms with Gasteiger partial charge in [-0.2, -0.15) is 5.26 Å². The van der Waals surface area contributed by atoms with E-state index in [1.54, 1.807) is 38.1 Å². The molecule has 5 heteroatoms. The topological polar surface area (TPSA) is 44.1 Å². The molecule has 0 N–H and O–H groups in total. The van der Waals surface area contributed by atoms with E-state index in [1.807, 2.05) is 6.07 Å². The van der Waals surface area contributed by atoms with E-state index >= 15 is 0 Å². The minimum atomic E-state index is -0.748.